The molecule has 7 heteroatoms. The quantitative estimate of drug-likeness (QED) is 0.880. The summed E-state index contributed by atoms with van der Waals surface area (Å²) in [6, 6.07) is 12.8. The highest BCUT2D eigenvalue weighted by molar-refractivity contribution is 5.93. The SMILES string of the molecule is NC(=O)c1ccc(-c2ccc3c(c2)COC(OC(=O)N2CCCCC2)O3)cc1. The van der Waals surface area contributed by atoms with Gasteiger partial charge < -0.3 is 24.8 Å². The minimum Gasteiger partial charge on any atom is -0.432 e. The number of hydrogen-bond donors (Lipinski definition) is 1. The van der Waals surface area contributed by atoms with Crippen molar-refractivity contribution < 1.29 is 23.8 Å². The van der Waals surface area contributed by atoms with Crippen molar-refractivity contribution >= 4 is 12.0 Å². The third-order valence-electron chi connectivity index (χ3n) is 4.97. The first-order chi connectivity index (χ1) is 13.6. The van der Waals surface area contributed by atoms with Crippen LogP contribution < -0.4 is 10.5 Å². The number of piperidine rings is 1. The summed E-state index contributed by atoms with van der Waals surface area (Å²) in [6.07, 6.45) is 2.72. The highest BCUT2D eigenvalue weighted by Crippen LogP contribution is 2.31. The molecule has 2 aliphatic rings. The van der Waals surface area contributed by atoms with Crippen LogP contribution in [0, 0.1) is 0 Å². The third kappa shape index (κ3) is 3.94. The number of rotatable bonds is 3. The van der Waals surface area contributed by atoms with Crippen LogP contribution in [0.3, 0.4) is 0 Å². The number of fused-ring (bicyclic) bond motifs is 1. The standard InChI is InChI=1S/C21H22N2O5/c22-19(24)15-6-4-14(5-7-15)16-8-9-18-17(12-16)13-26-21(27-18)28-20(25)23-10-2-1-3-11-23/h4-9,12,21H,1-3,10-11,13H2,(H2,22,24). The van der Waals surface area contributed by atoms with E-state index in [9.17, 15) is 9.59 Å². The van der Waals surface area contributed by atoms with Crippen LogP contribution in [0.4, 0.5) is 4.79 Å². The van der Waals surface area contributed by atoms with Gasteiger partial charge in [-0.25, -0.2) is 4.79 Å². The summed E-state index contributed by atoms with van der Waals surface area (Å²) in [4.78, 5) is 25.1. The van der Waals surface area contributed by atoms with Crippen molar-refractivity contribution in [1.82, 2.24) is 4.90 Å². The van der Waals surface area contributed by atoms with Crippen LogP contribution in [0.1, 0.15) is 35.2 Å². The van der Waals surface area contributed by atoms with E-state index in [2.05, 4.69) is 0 Å². The van der Waals surface area contributed by atoms with Crippen LogP contribution in [0.25, 0.3) is 11.1 Å². The number of benzene rings is 2. The Hall–Kier alpha value is -3.06. The monoisotopic (exact) mass is 382 g/mol. The Morgan fingerprint density at radius 3 is 2.43 bits per heavy atom. The predicted molar refractivity (Wildman–Crippen MR) is 102 cm³/mol. The second kappa shape index (κ2) is 7.90. The fraction of sp³-hybridized carbons (Fsp3) is 0.333. The van der Waals surface area contributed by atoms with Crippen LogP contribution in [-0.2, 0) is 16.1 Å². The van der Waals surface area contributed by atoms with Crippen LogP contribution >= 0.6 is 0 Å². The van der Waals surface area contributed by atoms with E-state index in [0.717, 1.165) is 36.0 Å². The first-order valence-corrected chi connectivity index (χ1v) is 9.37. The molecule has 1 saturated heterocycles. The lowest BCUT2D eigenvalue weighted by atomic mass is 10.0. The Kier molecular flexibility index (Phi) is 5.16. The predicted octanol–water partition coefficient (Wildman–Crippen LogP) is 3.27. The normalized spacial score (nSPS) is 18.7. The number of likely N-dealkylation sites (tertiary alicyclic amines) is 1. The second-order valence-electron chi connectivity index (χ2n) is 6.91. The highest BCUT2D eigenvalue weighted by atomic mass is 16.9. The first-order valence-electron chi connectivity index (χ1n) is 9.37. The minimum absolute atomic E-state index is 0.278. The van der Waals surface area contributed by atoms with Gasteiger partial charge in [0.1, 0.15) is 5.75 Å². The van der Waals surface area contributed by atoms with Gasteiger partial charge in [0.05, 0.1) is 6.61 Å². The zero-order valence-corrected chi connectivity index (χ0v) is 15.4. The number of carbonyl (C=O) groups is 2. The average molecular weight is 382 g/mol. The van der Waals surface area contributed by atoms with Crippen LogP contribution in [0.2, 0.25) is 0 Å². The lowest BCUT2D eigenvalue weighted by Crippen LogP contribution is -2.40. The molecule has 0 spiro atoms. The summed E-state index contributed by atoms with van der Waals surface area (Å²) in [5.41, 5.74) is 8.52. The van der Waals surface area contributed by atoms with Gasteiger partial charge in [-0.05, 0) is 54.7 Å². The Bertz CT molecular complexity index is 875. The highest BCUT2D eigenvalue weighted by Gasteiger charge is 2.27. The molecule has 0 aliphatic carbocycles. The van der Waals surface area contributed by atoms with E-state index in [1.165, 1.54) is 0 Å². The van der Waals surface area contributed by atoms with E-state index in [-0.39, 0.29) is 6.61 Å². The molecule has 1 unspecified atom stereocenters. The van der Waals surface area contributed by atoms with Crippen LogP contribution in [0.15, 0.2) is 42.5 Å². The minimum atomic E-state index is -1.04. The van der Waals surface area contributed by atoms with E-state index in [1.54, 1.807) is 17.0 Å². The average Bonchev–Trinajstić information content (AvgIpc) is 2.74. The lowest BCUT2D eigenvalue weighted by molar-refractivity contribution is -0.237. The van der Waals surface area contributed by atoms with Crippen molar-refractivity contribution in [2.75, 3.05) is 13.1 Å². The summed E-state index contributed by atoms with van der Waals surface area (Å²) in [5.74, 6) is 0.170. The third-order valence-corrected chi connectivity index (χ3v) is 4.97. The van der Waals surface area contributed by atoms with Gasteiger partial charge >= 0.3 is 12.6 Å². The topological polar surface area (TPSA) is 91.1 Å². The van der Waals surface area contributed by atoms with Crippen molar-refractivity contribution in [2.24, 2.45) is 5.73 Å². The number of hydrogen-bond acceptors (Lipinski definition) is 5. The zero-order chi connectivity index (χ0) is 19.5. The van der Waals surface area contributed by atoms with Crippen molar-refractivity contribution in [3.05, 3.63) is 53.6 Å². The number of ether oxygens (including phenoxy) is 3. The molecule has 2 heterocycles. The zero-order valence-electron chi connectivity index (χ0n) is 15.4. The van der Waals surface area contributed by atoms with Crippen molar-refractivity contribution in [1.29, 1.82) is 0 Å². The van der Waals surface area contributed by atoms with E-state index >= 15 is 0 Å². The molecule has 2 amide bonds. The Labute approximate surface area is 163 Å². The maximum Gasteiger partial charge on any atom is 0.414 e. The maximum absolute atomic E-state index is 12.2. The first kappa shape index (κ1) is 18.3. The van der Waals surface area contributed by atoms with Crippen molar-refractivity contribution in [3.8, 4) is 16.9 Å². The van der Waals surface area contributed by atoms with Crippen LogP contribution in [0.5, 0.6) is 5.75 Å². The smallest absolute Gasteiger partial charge is 0.414 e. The molecular formula is C21H22N2O5. The molecular weight excluding hydrogens is 360 g/mol. The largest absolute Gasteiger partial charge is 0.432 e. The van der Waals surface area contributed by atoms with E-state index in [1.807, 2.05) is 30.3 Å². The van der Waals surface area contributed by atoms with Crippen LogP contribution in [-0.4, -0.2) is 36.5 Å². The molecule has 1 fully saturated rings. The van der Waals surface area contributed by atoms with Gasteiger partial charge in [0.2, 0.25) is 5.91 Å². The number of nitrogens with two attached hydrogens (primary N) is 1. The summed E-state index contributed by atoms with van der Waals surface area (Å²) < 4.78 is 16.6. The molecule has 2 aromatic carbocycles. The number of carbonyl (C=O) groups excluding carboxylic acids is 2. The van der Waals surface area contributed by atoms with Gasteiger partial charge in [0.15, 0.2) is 0 Å². The summed E-state index contributed by atoms with van der Waals surface area (Å²) in [5, 5.41) is 0. The van der Waals surface area contributed by atoms with Gasteiger partial charge in [-0.2, -0.15) is 0 Å². The molecule has 4 rings (SSSR count). The van der Waals surface area contributed by atoms with E-state index in [0.29, 0.717) is 24.4 Å². The fourth-order valence-electron chi connectivity index (χ4n) is 3.40. The molecule has 0 aromatic heterocycles. The van der Waals surface area contributed by atoms with Crippen molar-refractivity contribution in [3.63, 3.8) is 0 Å². The lowest BCUT2D eigenvalue weighted by Gasteiger charge is -2.30. The van der Waals surface area contributed by atoms with E-state index in [4.69, 9.17) is 19.9 Å². The molecule has 0 radical (unpaired) electrons. The molecule has 146 valence electrons. The van der Waals surface area contributed by atoms with Gasteiger partial charge in [-0.15, -0.1) is 0 Å². The number of nitrogens with zero attached hydrogens (tertiary/aromatic N) is 1. The summed E-state index contributed by atoms with van der Waals surface area (Å²) >= 11 is 0. The molecule has 1 atom stereocenters. The van der Waals surface area contributed by atoms with E-state index < -0.39 is 18.5 Å². The maximum atomic E-state index is 12.2. The van der Waals surface area contributed by atoms with Gasteiger partial charge in [-0.3, -0.25) is 4.79 Å². The molecule has 2 aliphatic heterocycles. The Balaban J connectivity index is 1.42. The molecule has 0 saturated carbocycles. The van der Waals surface area contributed by atoms with Gasteiger partial charge in [-0.1, -0.05) is 18.2 Å². The summed E-state index contributed by atoms with van der Waals surface area (Å²) in [6.45, 7) is 0.656. The molecule has 2 N–H and O–H groups in total. The Morgan fingerprint density at radius 2 is 1.71 bits per heavy atom. The Morgan fingerprint density at radius 1 is 1.00 bits per heavy atom. The molecule has 28 heavy (non-hydrogen) atoms. The molecule has 7 nitrogen and oxygen atoms in total. The van der Waals surface area contributed by atoms with Gasteiger partial charge in [0.25, 0.3) is 0 Å². The summed E-state index contributed by atoms with van der Waals surface area (Å²) in [7, 11) is 0. The molecule has 2 aromatic rings. The fourth-order valence-corrected chi connectivity index (χ4v) is 3.40. The van der Waals surface area contributed by atoms with Crippen molar-refractivity contribution in [2.45, 2.75) is 32.3 Å². The second-order valence-corrected chi connectivity index (χ2v) is 6.91. The number of amides is 2. The number of primary amides is 1. The van der Waals surface area contributed by atoms with Gasteiger partial charge in [0, 0.05) is 24.2 Å². The molecule has 0 bridgehead atoms.